The fraction of sp³-hybridized carbons (Fsp3) is 0.500. The van der Waals surface area contributed by atoms with Crippen LogP contribution in [0.2, 0.25) is 0 Å². The average Bonchev–Trinajstić information content (AvgIpc) is 2.22. The molecule has 0 spiro atoms. The molecule has 0 saturated carbocycles. The van der Waals surface area contributed by atoms with E-state index in [2.05, 4.69) is 32.0 Å². The van der Waals surface area contributed by atoms with Gasteiger partial charge in [0.1, 0.15) is 0 Å². The molecule has 1 atom stereocenters. The van der Waals surface area contributed by atoms with E-state index in [0.717, 1.165) is 19.3 Å². The van der Waals surface area contributed by atoms with Crippen LogP contribution in [-0.2, 0) is 11.2 Å². The van der Waals surface area contributed by atoms with E-state index < -0.39 is 0 Å². The molecule has 1 rings (SSSR count). The van der Waals surface area contributed by atoms with Gasteiger partial charge in [0, 0.05) is 5.92 Å². The summed E-state index contributed by atoms with van der Waals surface area (Å²) in [6.45, 7) is 6.16. The minimum Gasteiger partial charge on any atom is -0.281 e. The molecule has 0 aromatic heterocycles. The van der Waals surface area contributed by atoms with Crippen molar-refractivity contribution in [3.8, 4) is 0 Å². The Morgan fingerprint density at radius 3 is 2.38 bits per heavy atom. The van der Waals surface area contributed by atoms with Gasteiger partial charge in [-0.05, 0) is 61.4 Å². The minimum atomic E-state index is -0.221. The normalized spacial score (nSPS) is 12.5. The molecule has 88 valence electrons. The molecular weight excluding hydrogens is 220 g/mol. The van der Waals surface area contributed by atoms with Crippen LogP contribution in [0.4, 0.5) is 0 Å². The van der Waals surface area contributed by atoms with Crippen LogP contribution >= 0.6 is 11.6 Å². The van der Waals surface area contributed by atoms with Crippen LogP contribution in [-0.4, -0.2) is 5.24 Å². The summed E-state index contributed by atoms with van der Waals surface area (Å²) < 4.78 is 0. The highest BCUT2D eigenvalue weighted by Gasteiger charge is 2.10. The van der Waals surface area contributed by atoms with Gasteiger partial charge in [0.15, 0.2) is 0 Å². The largest absolute Gasteiger partial charge is 0.281 e. The van der Waals surface area contributed by atoms with Crippen LogP contribution < -0.4 is 0 Å². The maximum absolute atomic E-state index is 10.9. The second kappa shape index (κ2) is 6.05. The summed E-state index contributed by atoms with van der Waals surface area (Å²) in [5.74, 6) is -0.0222. The Morgan fingerprint density at radius 1 is 1.31 bits per heavy atom. The molecule has 0 amide bonds. The zero-order valence-electron chi connectivity index (χ0n) is 10.2. The summed E-state index contributed by atoms with van der Waals surface area (Å²) in [4.78, 5) is 10.9. The van der Waals surface area contributed by atoms with E-state index >= 15 is 0 Å². The second-order valence-corrected chi connectivity index (χ2v) is 4.84. The molecule has 16 heavy (non-hydrogen) atoms. The van der Waals surface area contributed by atoms with E-state index in [1.807, 2.05) is 6.92 Å². The first-order valence-electron chi connectivity index (χ1n) is 5.76. The first kappa shape index (κ1) is 13.2. The zero-order chi connectivity index (χ0) is 12.1. The lowest BCUT2D eigenvalue weighted by Crippen LogP contribution is -2.04. The van der Waals surface area contributed by atoms with E-state index in [-0.39, 0.29) is 11.2 Å². The molecule has 1 nitrogen and oxygen atoms in total. The van der Waals surface area contributed by atoms with E-state index in [1.165, 1.54) is 16.7 Å². The van der Waals surface area contributed by atoms with Crippen LogP contribution in [0.3, 0.4) is 0 Å². The number of aryl methyl sites for hydroxylation is 2. The molecule has 0 aliphatic rings. The highest BCUT2D eigenvalue weighted by Crippen LogP contribution is 2.18. The Balaban J connectivity index is 2.52. The van der Waals surface area contributed by atoms with Crippen LogP contribution in [0.25, 0.3) is 0 Å². The Bertz CT molecular complexity index is 351. The number of halogens is 1. The van der Waals surface area contributed by atoms with E-state index in [9.17, 15) is 4.79 Å². The van der Waals surface area contributed by atoms with Gasteiger partial charge in [-0.2, -0.15) is 0 Å². The molecule has 1 aromatic rings. The number of benzene rings is 1. The lowest BCUT2D eigenvalue weighted by atomic mass is 9.96. The van der Waals surface area contributed by atoms with E-state index in [1.54, 1.807) is 0 Å². The fourth-order valence-corrected chi connectivity index (χ4v) is 2.05. The Labute approximate surface area is 103 Å². The first-order chi connectivity index (χ1) is 7.52. The number of hydrogen-bond donors (Lipinski definition) is 0. The van der Waals surface area contributed by atoms with Gasteiger partial charge in [-0.15, -0.1) is 0 Å². The Morgan fingerprint density at radius 2 is 1.88 bits per heavy atom. The summed E-state index contributed by atoms with van der Waals surface area (Å²) in [5.41, 5.74) is 4.09. The van der Waals surface area contributed by atoms with Gasteiger partial charge in [0.2, 0.25) is 5.24 Å². The maximum Gasteiger partial charge on any atom is 0.224 e. The topological polar surface area (TPSA) is 17.1 Å². The predicted molar refractivity (Wildman–Crippen MR) is 68.9 cm³/mol. The van der Waals surface area contributed by atoms with Crippen molar-refractivity contribution in [1.29, 1.82) is 0 Å². The van der Waals surface area contributed by atoms with Crippen molar-refractivity contribution in [2.45, 2.75) is 40.0 Å². The summed E-state index contributed by atoms with van der Waals surface area (Å²) >= 11 is 5.43. The maximum atomic E-state index is 10.9. The van der Waals surface area contributed by atoms with Gasteiger partial charge in [-0.25, -0.2) is 0 Å². The SMILES string of the molecule is Cc1cccc(C)c1CCCC(C)C(=O)Cl. The highest BCUT2D eigenvalue weighted by atomic mass is 35.5. The second-order valence-electron chi connectivity index (χ2n) is 4.47. The molecule has 0 heterocycles. The number of rotatable bonds is 5. The number of hydrogen-bond acceptors (Lipinski definition) is 1. The molecule has 0 aliphatic heterocycles. The lowest BCUT2D eigenvalue weighted by molar-refractivity contribution is -0.114. The third kappa shape index (κ3) is 3.64. The third-order valence-electron chi connectivity index (χ3n) is 3.10. The average molecular weight is 239 g/mol. The summed E-state index contributed by atoms with van der Waals surface area (Å²) in [6, 6.07) is 6.36. The monoisotopic (exact) mass is 238 g/mol. The molecule has 0 saturated heterocycles. The van der Waals surface area contributed by atoms with Gasteiger partial charge in [-0.1, -0.05) is 25.1 Å². The van der Waals surface area contributed by atoms with Crippen molar-refractivity contribution >= 4 is 16.8 Å². The van der Waals surface area contributed by atoms with Crippen molar-refractivity contribution in [1.82, 2.24) is 0 Å². The Hall–Kier alpha value is -0.820. The van der Waals surface area contributed by atoms with Crippen LogP contribution in [0.1, 0.15) is 36.5 Å². The predicted octanol–water partition coefficient (Wildman–Crippen LogP) is 4.03. The zero-order valence-corrected chi connectivity index (χ0v) is 11.0. The third-order valence-corrected chi connectivity index (χ3v) is 3.47. The first-order valence-corrected chi connectivity index (χ1v) is 6.14. The highest BCUT2D eigenvalue weighted by molar-refractivity contribution is 6.63. The van der Waals surface area contributed by atoms with Gasteiger partial charge in [-0.3, -0.25) is 4.79 Å². The molecular formula is C14H19ClO. The summed E-state index contributed by atoms with van der Waals surface area (Å²) in [6.07, 6.45) is 2.93. The molecule has 2 heteroatoms. The van der Waals surface area contributed by atoms with Gasteiger partial charge < -0.3 is 0 Å². The molecule has 1 unspecified atom stereocenters. The van der Waals surface area contributed by atoms with Gasteiger partial charge in [0.05, 0.1) is 0 Å². The summed E-state index contributed by atoms with van der Waals surface area (Å²) in [5, 5.41) is -0.221. The van der Waals surface area contributed by atoms with Crippen molar-refractivity contribution in [2.75, 3.05) is 0 Å². The van der Waals surface area contributed by atoms with Crippen LogP contribution in [0, 0.1) is 19.8 Å². The molecule has 1 aromatic carbocycles. The van der Waals surface area contributed by atoms with Crippen LogP contribution in [0.5, 0.6) is 0 Å². The molecule has 0 bridgehead atoms. The molecule has 0 aliphatic carbocycles. The quantitative estimate of drug-likeness (QED) is 0.708. The van der Waals surface area contributed by atoms with E-state index in [4.69, 9.17) is 11.6 Å². The Kier molecular flexibility index (Phi) is 5.01. The lowest BCUT2D eigenvalue weighted by Gasteiger charge is -2.10. The van der Waals surface area contributed by atoms with Crippen molar-refractivity contribution < 1.29 is 4.79 Å². The molecule has 0 radical (unpaired) electrons. The molecule has 0 fully saturated rings. The summed E-state index contributed by atoms with van der Waals surface area (Å²) in [7, 11) is 0. The molecule has 0 N–H and O–H groups in total. The minimum absolute atomic E-state index is 0.0222. The standard InChI is InChI=1S/C14H19ClO/c1-10-6-4-7-11(2)13(10)9-5-8-12(3)14(15)16/h4,6-7,12H,5,8-9H2,1-3H3. The van der Waals surface area contributed by atoms with Gasteiger partial charge in [0.25, 0.3) is 0 Å². The smallest absolute Gasteiger partial charge is 0.224 e. The van der Waals surface area contributed by atoms with Crippen molar-refractivity contribution in [3.63, 3.8) is 0 Å². The van der Waals surface area contributed by atoms with E-state index in [0.29, 0.717) is 0 Å². The van der Waals surface area contributed by atoms with Crippen molar-refractivity contribution in [3.05, 3.63) is 34.9 Å². The number of carbonyl (C=O) groups excluding carboxylic acids is 1. The van der Waals surface area contributed by atoms with Crippen LogP contribution in [0.15, 0.2) is 18.2 Å². The fourth-order valence-electron chi connectivity index (χ4n) is 1.94. The van der Waals surface area contributed by atoms with Crippen molar-refractivity contribution in [2.24, 2.45) is 5.92 Å². The van der Waals surface area contributed by atoms with Gasteiger partial charge >= 0.3 is 0 Å². The number of carbonyl (C=O) groups is 1.